The number of carboxylic acid groups (broad SMARTS) is 1. The fraction of sp³-hybridized carbons (Fsp3) is 0.917. The normalized spacial score (nSPS) is 28.1. The summed E-state index contributed by atoms with van der Waals surface area (Å²) in [5.74, 6) is -1.13. The van der Waals surface area contributed by atoms with Crippen LogP contribution in [0.25, 0.3) is 0 Å². The topological polar surface area (TPSA) is 95.9 Å². The van der Waals surface area contributed by atoms with Crippen molar-refractivity contribution in [3.05, 3.63) is 0 Å². The number of ether oxygens (including phenoxy) is 1. The Balaban J connectivity index is 2.18. The van der Waals surface area contributed by atoms with E-state index >= 15 is 0 Å². The Kier molecular flexibility index (Phi) is 4.68. The number of nitrogens with one attached hydrogen (secondary N) is 1. The molecule has 7 nitrogen and oxygen atoms in total. The smallest absolute Gasteiger partial charge is 0.325 e. The van der Waals surface area contributed by atoms with E-state index in [4.69, 9.17) is 4.74 Å². The SMILES string of the molecule is CC1CCCCN1S(=O)(=O)NC1(C(=O)O)CCOCC1. The molecule has 116 valence electrons. The summed E-state index contributed by atoms with van der Waals surface area (Å²) < 4.78 is 33.9. The van der Waals surface area contributed by atoms with E-state index in [9.17, 15) is 18.3 Å². The minimum atomic E-state index is -3.79. The quantitative estimate of drug-likeness (QED) is 0.780. The second-order valence-electron chi connectivity index (χ2n) is 5.56. The van der Waals surface area contributed by atoms with Gasteiger partial charge in [0, 0.05) is 38.6 Å². The van der Waals surface area contributed by atoms with Gasteiger partial charge < -0.3 is 9.84 Å². The molecule has 2 aliphatic heterocycles. The lowest BCUT2D eigenvalue weighted by molar-refractivity contribution is -0.148. The zero-order valence-corrected chi connectivity index (χ0v) is 12.5. The van der Waals surface area contributed by atoms with Crippen LogP contribution in [0, 0.1) is 0 Å². The van der Waals surface area contributed by atoms with Gasteiger partial charge in [-0.1, -0.05) is 6.42 Å². The first-order valence-electron chi connectivity index (χ1n) is 6.99. The van der Waals surface area contributed by atoms with Gasteiger partial charge in [-0.25, -0.2) is 0 Å². The van der Waals surface area contributed by atoms with Crippen LogP contribution in [0.1, 0.15) is 39.0 Å². The number of nitrogens with zero attached hydrogens (tertiary/aromatic N) is 1. The fourth-order valence-corrected chi connectivity index (χ4v) is 4.66. The van der Waals surface area contributed by atoms with Crippen LogP contribution in [-0.2, 0) is 19.7 Å². The van der Waals surface area contributed by atoms with Crippen molar-refractivity contribution < 1.29 is 23.1 Å². The van der Waals surface area contributed by atoms with Crippen molar-refractivity contribution >= 4 is 16.2 Å². The number of rotatable bonds is 4. The van der Waals surface area contributed by atoms with Gasteiger partial charge in [0.1, 0.15) is 5.54 Å². The molecule has 0 radical (unpaired) electrons. The maximum absolute atomic E-state index is 12.5. The summed E-state index contributed by atoms with van der Waals surface area (Å²) in [7, 11) is -3.79. The van der Waals surface area contributed by atoms with Crippen molar-refractivity contribution in [3.8, 4) is 0 Å². The molecule has 2 N–H and O–H groups in total. The van der Waals surface area contributed by atoms with Gasteiger partial charge in [0.2, 0.25) is 0 Å². The molecule has 0 spiro atoms. The predicted molar refractivity (Wildman–Crippen MR) is 72.5 cm³/mol. The molecule has 1 unspecified atom stereocenters. The van der Waals surface area contributed by atoms with Crippen LogP contribution in [0.15, 0.2) is 0 Å². The second kappa shape index (κ2) is 5.97. The maximum atomic E-state index is 12.5. The Morgan fingerprint density at radius 2 is 2.00 bits per heavy atom. The Bertz CT molecular complexity index is 458. The second-order valence-corrected chi connectivity index (χ2v) is 7.19. The number of aliphatic carboxylic acids is 1. The molecule has 0 aromatic rings. The van der Waals surface area contributed by atoms with Crippen LogP contribution in [0.2, 0.25) is 0 Å². The van der Waals surface area contributed by atoms with Gasteiger partial charge in [-0.2, -0.15) is 17.4 Å². The van der Waals surface area contributed by atoms with Crippen molar-refractivity contribution in [1.29, 1.82) is 0 Å². The summed E-state index contributed by atoms with van der Waals surface area (Å²) in [6.07, 6.45) is 2.94. The van der Waals surface area contributed by atoms with E-state index in [1.165, 1.54) is 4.31 Å². The van der Waals surface area contributed by atoms with Crippen LogP contribution in [0.4, 0.5) is 0 Å². The van der Waals surface area contributed by atoms with Crippen LogP contribution in [-0.4, -0.2) is 55.1 Å². The molecule has 2 aliphatic rings. The number of hydrogen-bond donors (Lipinski definition) is 2. The van der Waals surface area contributed by atoms with Gasteiger partial charge in [0.05, 0.1) is 0 Å². The zero-order valence-electron chi connectivity index (χ0n) is 11.7. The van der Waals surface area contributed by atoms with Crippen molar-refractivity contribution in [2.45, 2.75) is 50.6 Å². The van der Waals surface area contributed by atoms with Gasteiger partial charge in [-0.15, -0.1) is 0 Å². The van der Waals surface area contributed by atoms with Crippen LogP contribution in [0.5, 0.6) is 0 Å². The lowest BCUT2D eigenvalue weighted by Gasteiger charge is -2.38. The molecule has 2 fully saturated rings. The monoisotopic (exact) mass is 306 g/mol. The first kappa shape index (κ1) is 15.7. The van der Waals surface area contributed by atoms with E-state index in [0.717, 1.165) is 19.3 Å². The third-order valence-corrected chi connectivity index (χ3v) is 5.94. The van der Waals surface area contributed by atoms with Gasteiger partial charge in [-0.05, 0) is 19.8 Å². The van der Waals surface area contributed by atoms with E-state index < -0.39 is 21.7 Å². The van der Waals surface area contributed by atoms with E-state index in [0.29, 0.717) is 6.54 Å². The molecule has 20 heavy (non-hydrogen) atoms. The van der Waals surface area contributed by atoms with Gasteiger partial charge in [0.15, 0.2) is 0 Å². The van der Waals surface area contributed by atoms with Crippen LogP contribution < -0.4 is 4.72 Å². The van der Waals surface area contributed by atoms with Gasteiger partial charge in [0.25, 0.3) is 10.2 Å². The van der Waals surface area contributed by atoms with Crippen LogP contribution in [0.3, 0.4) is 0 Å². The van der Waals surface area contributed by atoms with Crippen molar-refractivity contribution in [2.24, 2.45) is 0 Å². The van der Waals surface area contributed by atoms with E-state index in [1.807, 2.05) is 6.92 Å². The lowest BCUT2D eigenvalue weighted by atomic mass is 9.92. The minimum Gasteiger partial charge on any atom is -0.480 e. The molecule has 0 saturated carbocycles. The van der Waals surface area contributed by atoms with Crippen molar-refractivity contribution in [3.63, 3.8) is 0 Å². The molecule has 0 amide bonds. The standard InChI is InChI=1S/C12H22N2O5S/c1-10-4-2-3-7-14(10)20(17,18)13-12(11(15)16)5-8-19-9-6-12/h10,13H,2-9H2,1H3,(H,15,16). The molecule has 2 heterocycles. The molecule has 1 atom stereocenters. The largest absolute Gasteiger partial charge is 0.480 e. The highest BCUT2D eigenvalue weighted by Crippen LogP contribution is 2.25. The lowest BCUT2D eigenvalue weighted by Crippen LogP contribution is -2.61. The minimum absolute atomic E-state index is 0.0908. The average Bonchev–Trinajstić information content (AvgIpc) is 2.39. The summed E-state index contributed by atoms with van der Waals surface area (Å²) in [6, 6.07) is -0.0908. The molecule has 8 heteroatoms. The maximum Gasteiger partial charge on any atom is 0.325 e. The van der Waals surface area contributed by atoms with Crippen LogP contribution >= 0.6 is 0 Å². The Labute approximate surface area is 119 Å². The number of carboxylic acids is 1. The zero-order chi connectivity index (χ0) is 14.8. The fourth-order valence-electron chi connectivity index (χ4n) is 2.81. The predicted octanol–water partition coefficient (Wildman–Crippen LogP) is 0.329. The Morgan fingerprint density at radius 3 is 2.55 bits per heavy atom. The van der Waals surface area contributed by atoms with E-state index in [-0.39, 0.29) is 32.1 Å². The molecular weight excluding hydrogens is 284 g/mol. The molecule has 2 saturated heterocycles. The van der Waals surface area contributed by atoms with E-state index in [2.05, 4.69) is 4.72 Å². The highest BCUT2D eigenvalue weighted by atomic mass is 32.2. The average molecular weight is 306 g/mol. The third kappa shape index (κ3) is 3.13. The first-order chi connectivity index (χ1) is 9.37. The number of hydrogen-bond acceptors (Lipinski definition) is 4. The number of piperidine rings is 1. The summed E-state index contributed by atoms with van der Waals surface area (Å²) in [6.45, 7) is 2.81. The third-order valence-electron chi connectivity index (χ3n) is 4.13. The highest BCUT2D eigenvalue weighted by Gasteiger charge is 2.45. The van der Waals surface area contributed by atoms with Gasteiger partial charge >= 0.3 is 5.97 Å². The van der Waals surface area contributed by atoms with E-state index in [1.54, 1.807) is 0 Å². The molecule has 0 aliphatic carbocycles. The van der Waals surface area contributed by atoms with Gasteiger partial charge in [-0.3, -0.25) is 4.79 Å². The summed E-state index contributed by atoms with van der Waals surface area (Å²) >= 11 is 0. The molecule has 0 bridgehead atoms. The Morgan fingerprint density at radius 1 is 1.35 bits per heavy atom. The highest BCUT2D eigenvalue weighted by molar-refractivity contribution is 7.87. The van der Waals surface area contributed by atoms with Crippen molar-refractivity contribution in [1.82, 2.24) is 9.03 Å². The molecule has 0 aromatic carbocycles. The molecular formula is C12H22N2O5S. The molecule has 0 aromatic heterocycles. The first-order valence-corrected chi connectivity index (χ1v) is 8.43. The number of carbonyl (C=O) groups is 1. The molecule has 2 rings (SSSR count). The van der Waals surface area contributed by atoms with Crippen molar-refractivity contribution in [2.75, 3.05) is 19.8 Å². The summed E-state index contributed by atoms with van der Waals surface area (Å²) in [4.78, 5) is 11.5. The summed E-state index contributed by atoms with van der Waals surface area (Å²) in [5.41, 5.74) is -1.44. The Hall–Kier alpha value is -0.700. The summed E-state index contributed by atoms with van der Waals surface area (Å²) in [5, 5.41) is 9.42.